The molecule has 1 amide bonds. The van der Waals surface area contributed by atoms with E-state index in [1.54, 1.807) is 17.0 Å². The van der Waals surface area contributed by atoms with Gasteiger partial charge in [-0.1, -0.05) is 43.7 Å². The number of anilines is 1. The molecule has 2 aromatic carbocycles. The maximum atomic E-state index is 12.6. The van der Waals surface area contributed by atoms with Crippen LogP contribution in [-0.4, -0.2) is 26.9 Å². The van der Waals surface area contributed by atoms with Crippen LogP contribution < -0.4 is 9.62 Å². The number of carbonyl (C=O) groups excluding carboxylic acids is 1. The summed E-state index contributed by atoms with van der Waals surface area (Å²) in [4.78, 5) is 14.4. The van der Waals surface area contributed by atoms with Gasteiger partial charge in [0.25, 0.3) is 0 Å². The molecule has 5 nitrogen and oxygen atoms in total. The van der Waals surface area contributed by atoms with Gasteiger partial charge in [-0.25, -0.2) is 8.42 Å². The lowest BCUT2D eigenvalue weighted by atomic mass is 10.1. The van der Waals surface area contributed by atoms with Gasteiger partial charge in [0, 0.05) is 12.2 Å². The molecule has 1 N–H and O–H groups in total. The Morgan fingerprint density at radius 3 is 2.40 bits per heavy atom. The first-order valence-electron chi connectivity index (χ1n) is 8.49. The normalized spacial score (nSPS) is 17.9. The minimum absolute atomic E-state index is 0.193. The fraction of sp³-hybridized carbons (Fsp3) is 0.316. The number of rotatable bonds is 6. The summed E-state index contributed by atoms with van der Waals surface area (Å²) in [6, 6.07) is 15.4. The first-order chi connectivity index (χ1) is 12.0. The van der Waals surface area contributed by atoms with Crippen molar-refractivity contribution in [2.24, 2.45) is 0 Å². The van der Waals surface area contributed by atoms with Crippen molar-refractivity contribution in [2.75, 3.05) is 11.4 Å². The highest BCUT2D eigenvalue weighted by atomic mass is 32.2. The van der Waals surface area contributed by atoms with Crippen molar-refractivity contribution >= 4 is 21.6 Å². The average molecular weight is 358 g/mol. The predicted molar refractivity (Wildman–Crippen MR) is 98.0 cm³/mol. The second-order valence-corrected chi connectivity index (χ2v) is 7.90. The van der Waals surface area contributed by atoms with Gasteiger partial charge >= 0.3 is 0 Å². The number of para-hydroxylation sites is 1. The molecular formula is C19H22N2O3S. The molecule has 0 spiro atoms. The standard InChI is InChI=1S/C19H22N2O3S/c1-2-6-15-9-11-17(12-10-15)25(23,24)20-18-13-14-21(19(18)22)16-7-4-3-5-8-16/h3-5,7-12,18,20H,2,6,13-14H2,1H3/t18-/m1/s1. The maximum Gasteiger partial charge on any atom is 0.245 e. The van der Waals surface area contributed by atoms with E-state index in [0.29, 0.717) is 13.0 Å². The van der Waals surface area contributed by atoms with E-state index in [2.05, 4.69) is 11.6 Å². The minimum atomic E-state index is -3.71. The van der Waals surface area contributed by atoms with Crippen LogP contribution >= 0.6 is 0 Å². The van der Waals surface area contributed by atoms with E-state index in [1.807, 2.05) is 42.5 Å². The Bertz CT molecular complexity index is 833. The lowest BCUT2D eigenvalue weighted by molar-refractivity contribution is -0.118. The highest BCUT2D eigenvalue weighted by molar-refractivity contribution is 7.89. The van der Waals surface area contributed by atoms with Gasteiger partial charge in [0.2, 0.25) is 15.9 Å². The molecule has 1 heterocycles. The van der Waals surface area contributed by atoms with Crippen LogP contribution in [0.4, 0.5) is 5.69 Å². The molecule has 1 aliphatic heterocycles. The SMILES string of the molecule is CCCc1ccc(S(=O)(=O)N[C@@H]2CCN(c3ccccc3)C2=O)cc1. The number of amides is 1. The van der Waals surface area contributed by atoms with Gasteiger partial charge < -0.3 is 4.90 Å². The van der Waals surface area contributed by atoms with E-state index in [1.165, 1.54) is 0 Å². The summed E-state index contributed by atoms with van der Waals surface area (Å²) in [5.74, 6) is -0.211. The Kier molecular flexibility index (Phi) is 5.20. The number of aryl methyl sites for hydroxylation is 1. The molecule has 1 fully saturated rings. The zero-order valence-corrected chi connectivity index (χ0v) is 15.0. The number of benzene rings is 2. The number of hydrogen-bond donors (Lipinski definition) is 1. The molecule has 1 atom stereocenters. The Morgan fingerprint density at radius 2 is 1.76 bits per heavy atom. The van der Waals surface area contributed by atoms with E-state index in [0.717, 1.165) is 24.1 Å². The average Bonchev–Trinajstić information content (AvgIpc) is 2.97. The van der Waals surface area contributed by atoms with Crippen molar-refractivity contribution in [3.8, 4) is 0 Å². The molecular weight excluding hydrogens is 336 g/mol. The molecule has 1 saturated heterocycles. The van der Waals surface area contributed by atoms with Crippen LogP contribution in [0, 0.1) is 0 Å². The third-order valence-corrected chi connectivity index (χ3v) is 5.83. The second kappa shape index (κ2) is 7.37. The van der Waals surface area contributed by atoms with Crippen molar-refractivity contribution in [1.82, 2.24) is 4.72 Å². The van der Waals surface area contributed by atoms with Crippen LogP contribution in [0.5, 0.6) is 0 Å². The number of carbonyl (C=O) groups is 1. The zero-order valence-electron chi connectivity index (χ0n) is 14.2. The lowest BCUT2D eigenvalue weighted by Crippen LogP contribution is -2.41. The molecule has 132 valence electrons. The number of nitrogens with one attached hydrogen (secondary N) is 1. The van der Waals surface area contributed by atoms with Crippen molar-refractivity contribution < 1.29 is 13.2 Å². The summed E-state index contributed by atoms with van der Waals surface area (Å²) in [7, 11) is -3.71. The van der Waals surface area contributed by atoms with E-state index >= 15 is 0 Å². The molecule has 0 aliphatic carbocycles. The molecule has 0 radical (unpaired) electrons. The van der Waals surface area contributed by atoms with Crippen LogP contribution in [0.25, 0.3) is 0 Å². The largest absolute Gasteiger partial charge is 0.311 e. The van der Waals surface area contributed by atoms with Crippen LogP contribution in [-0.2, 0) is 21.2 Å². The first kappa shape index (κ1) is 17.6. The number of sulfonamides is 1. The Labute approximate surface area is 148 Å². The van der Waals surface area contributed by atoms with Gasteiger partial charge in [0.1, 0.15) is 6.04 Å². The fourth-order valence-electron chi connectivity index (χ4n) is 3.03. The summed E-state index contributed by atoms with van der Waals surface area (Å²) in [6.45, 7) is 2.59. The third-order valence-electron chi connectivity index (χ3n) is 4.34. The summed E-state index contributed by atoms with van der Waals surface area (Å²) in [5.41, 5.74) is 1.90. The van der Waals surface area contributed by atoms with Gasteiger partial charge in [-0.3, -0.25) is 4.79 Å². The smallest absolute Gasteiger partial charge is 0.245 e. The fourth-order valence-corrected chi connectivity index (χ4v) is 4.26. The predicted octanol–water partition coefficient (Wildman–Crippen LogP) is 2.72. The molecule has 0 saturated carbocycles. The number of nitrogens with zero attached hydrogens (tertiary/aromatic N) is 1. The van der Waals surface area contributed by atoms with Crippen molar-refractivity contribution in [3.05, 3.63) is 60.2 Å². The summed E-state index contributed by atoms with van der Waals surface area (Å²) in [6.07, 6.45) is 2.39. The monoisotopic (exact) mass is 358 g/mol. The first-order valence-corrected chi connectivity index (χ1v) is 9.97. The highest BCUT2D eigenvalue weighted by Gasteiger charge is 2.35. The molecule has 3 rings (SSSR count). The molecule has 2 aromatic rings. The molecule has 0 aromatic heterocycles. The highest BCUT2D eigenvalue weighted by Crippen LogP contribution is 2.22. The van der Waals surface area contributed by atoms with Gasteiger partial charge in [-0.05, 0) is 42.7 Å². The topological polar surface area (TPSA) is 66.5 Å². The molecule has 25 heavy (non-hydrogen) atoms. The zero-order chi connectivity index (χ0) is 17.9. The maximum absolute atomic E-state index is 12.6. The van der Waals surface area contributed by atoms with Crippen molar-refractivity contribution in [2.45, 2.75) is 37.1 Å². The number of hydrogen-bond acceptors (Lipinski definition) is 3. The molecule has 0 bridgehead atoms. The van der Waals surface area contributed by atoms with Crippen LogP contribution in [0.2, 0.25) is 0 Å². The lowest BCUT2D eigenvalue weighted by Gasteiger charge is -2.17. The Morgan fingerprint density at radius 1 is 1.08 bits per heavy atom. The van der Waals surface area contributed by atoms with E-state index in [-0.39, 0.29) is 10.8 Å². The summed E-state index contributed by atoms with van der Waals surface area (Å²) in [5, 5.41) is 0. The van der Waals surface area contributed by atoms with E-state index < -0.39 is 16.1 Å². The van der Waals surface area contributed by atoms with Crippen LogP contribution in [0.1, 0.15) is 25.3 Å². The van der Waals surface area contributed by atoms with Crippen LogP contribution in [0.3, 0.4) is 0 Å². The third kappa shape index (κ3) is 3.91. The van der Waals surface area contributed by atoms with Crippen molar-refractivity contribution in [1.29, 1.82) is 0 Å². The summed E-state index contributed by atoms with van der Waals surface area (Å²) < 4.78 is 27.7. The van der Waals surface area contributed by atoms with Gasteiger partial charge in [0.05, 0.1) is 4.90 Å². The minimum Gasteiger partial charge on any atom is -0.311 e. The summed E-state index contributed by atoms with van der Waals surface area (Å²) >= 11 is 0. The van der Waals surface area contributed by atoms with E-state index in [4.69, 9.17) is 0 Å². The molecule has 6 heteroatoms. The Hall–Kier alpha value is -2.18. The quantitative estimate of drug-likeness (QED) is 0.863. The molecule has 1 aliphatic rings. The Balaban J connectivity index is 1.72. The van der Waals surface area contributed by atoms with Crippen LogP contribution in [0.15, 0.2) is 59.5 Å². The van der Waals surface area contributed by atoms with Gasteiger partial charge in [0.15, 0.2) is 0 Å². The van der Waals surface area contributed by atoms with Gasteiger partial charge in [-0.15, -0.1) is 0 Å². The second-order valence-electron chi connectivity index (χ2n) is 6.18. The van der Waals surface area contributed by atoms with Crippen molar-refractivity contribution in [3.63, 3.8) is 0 Å². The van der Waals surface area contributed by atoms with E-state index in [9.17, 15) is 13.2 Å². The van der Waals surface area contributed by atoms with Gasteiger partial charge in [-0.2, -0.15) is 4.72 Å². The molecule has 0 unspecified atom stereocenters.